The van der Waals surface area contributed by atoms with E-state index in [1.54, 1.807) is 7.11 Å². The van der Waals surface area contributed by atoms with Crippen LogP contribution in [0.4, 0.5) is 0 Å². The smallest absolute Gasteiger partial charge is 0.128 e. The molecule has 1 aromatic heterocycles. The second-order valence-electron chi connectivity index (χ2n) is 7.12. The molecule has 0 spiro atoms. The number of ether oxygens (including phenoxy) is 1. The van der Waals surface area contributed by atoms with Crippen LogP contribution in [-0.4, -0.2) is 28.6 Å². The van der Waals surface area contributed by atoms with Gasteiger partial charge in [-0.3, -0.25) is 4.68 Å². The van der Waals surface area contributed by atoms with Crippen molar-refractivity contribution in [3.8, 4) is 17.0 Å². The van der Waals surface area contributed by atoms with E-state index in [0.717, 1.165) is 17.0 Å². The molecule has 1 aliphatic rings. The highest BCUT2D eigenvalue weighted by atomic mass is 16.5. The number of methoxy groups -OCH3 is 1. The van der Waals surface area contributed by atoms with Crippen LogP contribution in [0.15, 0.2) is 24.3 Å². The first kappa shape index (κ1) is 17.0. The molecule has 130 valence electrons. The van der Waals surface area contributed by atoms with Crippen molar-refractivity contribution in [1.82, 2.24) is 9.78 Å². The number of aliphatic hydroxyl groups excluding tert-OH is 1. The molecule has 0 saturated carbocycles. The van der Waals surface area contributed by atoms with Crippen LogP contribution >= 0.6 is 0 Å². The highest BCUT2D eigenvalue weighted by molar-refractivity contribution is 5.72. The molecule has 2 atom stereocenters. The van der Waals surface area contributed by atoms with Gasteiger partial charge in [-0.1, -0.05) is 32.9 Å². The van der Waals surface area contributed by atoms with E-state index in [0.29, 0.717) is 24.3 Å². The first-order valence-corrected chi connectivity index (χ1v) is 8.93. The van der Waals surface area contributed by atoms with Gasteiger partial charge in [0.1, 0.15) is 5.75 Å². The maximum absolute atomic E-state index is 9.53. The molecule has 1 aliphatic carbocycles. The lowest BCUT2D eigenvalue weighted by Gasteiger charge is -2.29. The summed E-state index contributed by atoms with van der Waals surface area (Å²) in [5.74, 6) is 2.39. The number of aliphatic hydroxyl groups is 1. The first-order valence-electron chi connectivity index (χ1n) is 8.93. The Balaban J connectivity index is 2.24. The normalized spacial score (nSPS) is 20.2. The van der Waals surface area contributed by atoms with E-state index >= 15 is 0 Å². The summed E-state index contributed by atoms with van der Waals surface area (Å²) in [6, 6.07) is 8.11. The van der Waals surface area contributed by atoms with Gasteiger partial charge in [-0.15, -0.1) is 0 Å². The van der Waals surface area contributed by atoms with Gasteiger partial charge in [0.05, 0.1) is 31.6 Å². The number of aromatic nitrogens is 2. The van der Waals surface area contributed by atoms with Crippen LogP contribution in [0.5, 0.6) is 5.75 Å². The fourth-order valence-electron chi connectivity index (χ4n) is 3.99. The van der Waals surface area contributed by atoms with Gasteiger partial charge in [-0.05, 0) is 36.8 Å². The summed E-state index contributed by atoms with van der Waals surface area (Å²) in [6.07, 6.45) is 2.37. The van der Waals surface area contributed by atoms with Crippen molar-refractivity contribution >= 4 is 0 Å². The van der Waals surface area contributed by atoms with Crippen molar-refractivity contribution in [1.29, 1.82) is 0 Å². The molecule has 0 fully saturated rings. The maximum atomic E-state index is 9.53. The topological polar surface area (TPSA) is 47.3 Å². The van der Waals surface area contributed by atoms with E-state index in [1.165, 1.54) is 24.1 Å². The van der Waals surface area contributed by atoms with Gasteiger partial charge in [0.15, 0.2) is 0 Å². The summed E-state index contributed by atoms with van der Waals surface area (Å²) < 4.78 is 7.59. The highest BCUT2D eigenvalue weighted by Gasteiger charge is 2.34. The Kier molecular flexibility index (Phi) is 4.95. The molecule has 2 aromatic rings. The van der Waals surface area contributed by atoms with Gasteiger partial charge in [0.25, 0.3) is 0 Å². The van der Waals surface area contributed by atoms with E-state index in [9.17, 15) is 5.11 Å². The minimum absolute atomic E-state index is 0.0867. The van der Waals surface area contributed by atoms with E-state index in [1.807, 2.05) is 22.9 Å². The number of hydrogen-bond acceptors (Lipinski definition) is 3. The molecule has 3 rings (SSSR count). The van der Waals surface area contributed by atoms with Crippen LogP contribution < -0.4 is 4.74 Å². The third-order valence-corrected chi connectivity index (χ3v) is 5.25. The maximum Gasteiger partial charge on any atom is 0.128 e. The Labute approximate surface area is 144 Å². The summed E-state index contributed by atoms with van der Waals surface area (Å²) >= 11 is 0. The average molecular weight is 328 g/mol. The first-order chi connectivity index (χ1) is 11.6. The molecule has 24 heavy (non-hydrogen) atoms. The molecular weight excluding hydrogens is 300 g/mol. The quantitative estimate of drug-likeness (QED) is 0.895. The van der Waals surface area contributed by atoms with Crippen molar-refractivity contribution in [3.05, 3.63) is 35.5 Å². The van der Waals surface area contributed by atoms with E-state index in [2.05, 4.69) is 26.8 Å². The predicted octanol–water partition coefficient (Wildman–Crippen LogP) is 4.19. The zero-order valence-electron chi connectivity index (χ0n) is 15.1. The second kappa shape index (κ2) is 6.98. The summed E-state index contributed by atoms with van der Waals surface area (Å²) in [5, 5.41) is 14.5. The van der Waals surface area contributed by atoms with Crippen LogP contribution in [0.2, 0.25) is 0 Å². The predicted molar refractivity (Wildman–Crippen MR) is 96.5 cm³/mol. The standard InChI is InChI=1S/C20H28N2O2/c1-13(2)15-10-9-14(3)18-19(15)21-22(11-12-23)20(18)16-7-5-6-8-17(16)24-4/h5-8,13-15,23H,9-12H2,1-4H3/t14-,15+/m1/s1. The molecule has 0 bridgehead atoms. The van der Waals surface area contributed by atoms with Gasteiger partial charge < -0.3 is 9.84 Å². The summed E-state index contributed by atoms with van der Waals surface area (Å²) in [7, 11) is 1.71. The van der Waals surface area contributed by atoms with Crippen molar-refractivity contribution < 1.29 is 9.84 Å². The van der Waals surface area contributed by atoms with Crippen LogP contribution in [0.3, 0.4) is 0 Å². The molecule has 0 aliphatic heterocycles. The highest BCUT2D eigenvalue weighted by Crippen LogP contribution is 2.47. The molecule has 0 amide bonds. The minimum atomic E-state index is 0.0867. The van der Waals surface area contributed by atoms with Gasteiger partial charge >= 0.3 is 0 Å². The molecule has 1 heterocycles. The van der Waals surface area contributed by atoms with E-state index in [4.69, 9.17) is 9.84 Å². The van der Waals surface area contributed by atoms with Gasteiger partial charge in [0.2, 0.25) is 0 Å². The third-order valence-electron chi connectivity index (χ3n) is 5.25. The van der Waals surface area contributed by atoms with Crippen molar-refractivity contribution in [2.75, 3.05) is 13.7 Å². The van der Waals surface area contributed by atoms with Crippen LogP contribution in [0.1, 0.15) is 56.7 Å². The van der Waals surface area contributed by atoms with Crippen molar-refractivity contribution in [3.63, 3.8) is 0 Å². The largest absolute Gasteiger partial charge is 0.496 e. The Morgan fingerprint density at radius 2 is 2.04 bits per heavy atom. The lowest BCUT2D eigenvalue weighted by molar-refractivity contribution is 0.269. The Bertz CT molecular complexity index is 706. The summed E-state index contributed by atoms with van der Waals surface area (Å²) in [5.41, 5.74) is 4.75. The Morgan fingerprint density at radius 3 is 2.71 bits per heavy atom. The molecule has 1 N–H and O–H groups in total. The number of benzene rings is 1. The number of nitrogens with zero attached hydrogens (tertiary/aromatic N) is 2. The van der Waals surface area contributed by atoms with Crippen LogP contribution in [0.25, 0.3) is 11.3 Å². The molecule has 4 heteroatoms. The lowest BCUT2D eigenvalue weighted by atomic mass is 9.75. The fraction of sp³-hybridized carbons (Fsp3) is 0.550. The second-order valence-corrected chi connectivity index (χ2v) is 7.12. The van der Waals surface area contributed by atoms with Crippen LogP contribution in [0, 0.1) is 5.92 Å². The minimum Gasteiger partial charge on any atom is -0.496 e. The van der Waals surface area contributed by atoms with Gasteiger partial charge in [-0.2, -0.15) is 5.10 Å². The summed E-state index contributed by atoms with van der Waals surface area (Å²) in [6.45, 7) is 7.44. The lowest BCUT2D eigenvalue weighted by Crippen LogP contribution is -2.16. The number of fused-ring (bicyclic) bond motifs is 1. The SMILES string of the molecule is COc1ccccc1-c1c2c(nn1CCO)[C@H](C(C)C)CC[C@H]2C. The Hall–Kier alpha value is -1.81. The van der Waals surface area contributed by atoms with E-state index < -0.39 is 0 Å². The molecular formula is C20H28N2O2. The molecule has 1 aromatic carbocycles. The van der Waals surface area contributed by atoms with Crippen LogP contribution in [-0.2, 0) is 6.54 Å². The average Bonchev–Trinajstić information content (AvgIpc) is 2.94. The molecule has 4 nitrogen and oxygen atoms in total. The number of rotatable bonds is 5. The molecule has 0 saturated heterocycles. The molecule has 0 unspecified atom stereocenters. The summed E-state index contributed by atoms with van der Waals surface area (Å²) in [4.78, 5) is 0. The third kappa shape index (κ3) is 2.84. The molecule has 0 radical (unpaired) electrons. The zero-order chi connectivity index (χ0) is 17.3. The monoisotopic (exact) mass is 328 g/mol. The Morgan fingerprint density at radius 1 is 1.29 bits per heavy atom. The van der Waals surface area contributed by atoms with Gasteiger partial charge in [0, 0.05) is 17.0 Å². The zero-order valence-corrected chi connectivity index (χ0v) is 15.1. The van der Waals surface area contributed by atoms with Gasteiger partial charge in [-0.25, -0.2) is 0 Å². The van der Waals surface area contributed by atoms with Crippen molar-refractivity contribution in [2.24, 2.45) is 5.92 Å². The van der Waals surface area contributed by atoms with Crippen molar-refractivity contribution in [2.45, 2.75) is 52.0 Å². The fourth-order valence-corrected chi connectivity index (χ4v) is 3.99. The van der Waals surface area contributed by atoms with E-state index in [-0.39, 0.29) is 6.61 Å². The number of para-hydroxylation sites is 1. The number of hydrogen-bond donors (Lipinski definition) is 1.